The molecule has 1 aliphatic rings. The third kappa shape index (κ3) is 41.0. The molecule has 0 aromatic heterocycles. The lowest BCUT2D eigenvalue weighted by Crippen LogP contribution is -2.61. The van der Waals surface area contributed by atoms with Crippen LogP contribution in [0.2, 0.25) is 0 Å². The van der Waals surface area contributed by atoms with Gasteiger partial charge in [0.1, 0.15) is 18.8 Å². The first-order valence-corrected chi connectivity index (χ1v) is 29.9. The molecule has 6 atom stereocenters. The van der Waals surface area contributed by atoms with Crippen molar-refractivity contribution < 1.29 is 58.2 Å². The first-order valence-electron chi connectivity index (χ1n) is 29.9. The van der Waals surface area contributed by atoms with Gasteiger partial charge in [-0.3, -0.25) is 14.4 Å². The summed E-state index contributed by atoms with van der Waals surface area (Å²) < 4.78 is 28.4. The Balaban J connectivity index is 2.72. The van der Waals surface area contributed by atoms with Crippen molar-refractivity contribution in [3.05, 3.63) is 72.9 Å². The molecule has 6 unspecified atom stereocenters. The fraction of sp³-hybridized carbons (Fsp3) is 0.746. The maximum absolute atomic E-state index is 13.1. The zero-order valence-corrected chi connectivity index (χ0v) is 47.3. The molecule has 0 radical (unpaired) electrons. The Bertz CT molecular complexity index is 1580. The van der Waals surface area contributed by atoms with Crippen LogP contribution in [0.1, 0.15) is 252 Å². The van der Waals surface area contributed by atoms with Gasteiger partial charge < -0.3 is 39.0 Å². The number of hydrogen-bond donors (Lipinski definition) is 3. The van der Waals surface area contributed by atoms with Crippen LogP contribution < -0.4 is 0 Å². The van der Waals surface area contributed by atoms with Crippen molar-refractivity contribution in [1.29, 1.82) is 0 Å². The second kappa shape index (κ2) is 50.9. The summed E-state index contributed by atoms with van der Waals surface area (Å²) in [6.45, 7) is 5.82. The second-order valence-electron chi connectivity index (χ2n) is 20.2. The molecule has 1 saturated heterocycles. The van der Waals surface area contributed by atoms with E-state index in [0.29, 0.717) is 19.3 Å². The average Bonchev–Trinajstić information content (AvgIpc) is 3.39. The van der Waals surface area contributed by atoms with E-state index < -0.39 is 67.3 Å². The molecule has 1 rings (SSSR count). The minimum absolute atomic E-state index is 0.0434. The summed E-state index contributed by atoms with van der Waals surface area (Å²) in [5, 5.41) is 31.5. The first kappa shape index (κ1) is 69.2. The standard InChI is InChI=1S/C63H106O12/c1-4-7-10-13-16-19-22-25-27-28-30-32-34-37-40-43-46-49-55(64)71-52-54(73-56(65)50-47-44-41-38-36-33-29-26-23-20-17-14-11-8-5-2)53-72-63-61(59(68)58(67)60(75-63)62(69)70)74-57(66)51-48-45-42-39-35-31-24-21-18-15-12-9-6-3/h8,11,17,20-21,24-27,29,36,38,54,58-61,63,67-68H,4-7,9-10,12-16,18-19,22-23,28,30-35,37,39-53H2,1-3H3,(H,69,70)/b11-8-,20-17-,24-21-,27-25-,29-26-,38-36-. The van der Waals surface area contributed by atoms with Gasteiger partial charge in [0.25, 0.3) is 0 Å². The highest BCUT2D eigenvalue weighted by Gasteiger charge is 2.50. The molecule has 1 aliphatic heterocycles. The maximum Gasteiger partial charge on any atom is 0.335 e. The van der Waals surface area contributed by atoms with E-state index in [1.807, 2.05) is 0 Å². The van der Waals surface area contributed by atoms with Gasteiger partial charge in [-0.2, -0.15) is 0 Å². The number of carbonyl (C=O) groups excluding carboxylic acids is 3. The number of hydrogen-bond acceptors (Lipinski definition) is 11. The van der Waals surface area contributed by atoms with Crippen molar-refractivity contribution in [2.45, 2.75) is 289 Å². The number of ether oxygens (including phenoxy) is 5. The lowest BCUT2D eigenvalue weighted by Gasteiger charge is -2.40. The average molecular weight is 1060 g/mol. The molecule has 0 aromatic rings. The van der Waals surface area contributed by atoms with Crippen molar-refractivity contribution in [2.24, 2.45) is 0 Å². The fourth-order valence-electron chi connectivity index (χ4n) is 8.64. The van der Waals surface area contributed by atoms with Crippen LogP contribution in [-0.4, -0.2) is 89.2 Å². The number of allylic oxidation sites excluding steroid dienone is 12. The number of carboxylic acids is 1. The number of carbonyl (C=O) groups is 4. The van der Waals surface area contributed by atoms with E-state index in [1.54, 1.807) is 0 Å². The quantitative estimate of drug-likeness (QED) is 0.0228. The fourth-order valence-corrected chi connectivity index (χ4v) is 8.64. The van der Waals surface area contributed by atoms with E-state index >= 15 is 0 Å². The van der Waals surface area contributed by atoms with Crippen LogP contribution in [0.25, 0.3) is 0 Å². The number of carboxylic acid groups (broad SMARTS) is 1. The molecular formula is C63H106O12. The summed E-state index contributed by atoms with van der Waals surface area (Å²) in [5.74, 6) is -3.19. The smallest absolute Gasteiger partial charge is 0.335 e. The zero-order valence-electron chi connectivity index (χ0n) is 47.3. The molecule has 12 heteroatoms. The van der Waals surface area contributed by atoms with Crippen molar-refractivity contribution >= 4 is 23.9 Å². The van der Waals surface area contributed by atoms with Gasteiger partial charge in [0.05, 0.1) is 6.61 Å². The molecule has 12 nitrogen and oxygen atoms in total. The Hall–Kier alpha value is -3.84. The number of aliphatic carboxylic acids is 1. The first-order chi connectivity index (χ1) is 36.6. The van der Waals surface area contributed by atoms with Gasteiger partial charge in [-0.15, -0.1) is 0 Å². The summed E-state index contributed by atoms with van der Waals surface area (Å²) in [7, 11) is 0. The van der Waals surface area contributed by atoms with Crippen molar-refractivity contribution in [3.63, 3.8) is 0 Å². The number of unbranched alkanes of at least 4 members (excludes halogenated alkanes) is 24. The topological polar surface area (TPSA) is 175 Å². The summed E-state index contributed by atoms with van der Waals surface area (Å²) in [6, 6.07) is 0. The van der Waals surface area contributed by atoms with Gasteiger partial charge in [-0.25, -0.2) is 4.79 Å². The Morgan fingerprint density at radius 1 is 0.453 bits per heavy atom. The zero-order chi connectivity index (χ0) is 54.7. The third-order valence-corrected chi connectivity index (χ3v) is 13.2. The molecule has 1 fully saturated rings. The second-order valence-corrected chi connectivity index (χ2v) is 20.2. The van der Waals surface area contributed by atoms with Crippen LogP contribution in [0.15, 0.2) is 72.9 Å². The van der Waals surface area contributed by atoms with Crippen LogP contribution in [-0.2, 0) is 42.9 Å². The van der Waals surface area contributed by atoms with E-state index in [9.17, 15) is 34.5 Å². The number of esters is 3. The molecule has 0 bridgehead atoms. The lowest BCUT2D eigenvalue weighted by atomic mass is 9.98. The van der Waals surface area contributed by atoms with Crippen LogP contribution in [0.5, 0.6) is 0 Å². The van der Waals surface area contributed by atoms with Gasteiger partial charge in [-0.1, -0.05) is 196 Å². The van der Waals surface area contributed by atoms with Crippen LogP contribution >= 0.6 is 0 Å². The van der Waals surface area contributed by atoms with E-state index in [4.69, 9.17) is 23.7 Å². The van der Waals surface area contributed by atoms with Gasteiger partial charge >= 0.3 is 23.9 Å². The molecular weight excluding hydrogens is 949 g/mol. The number of rotatable bonds is 50. The van der Waals surface area contributed by atoms with Crippen LogP contribution in [0.4, 0.5) is 0 Å². The summed E-state index contributed by atoms with van der Waals surface area (Å²) in [5.41, 5.74) is 0. The number of aliphatic hydroxyl groups excluding tert-OH is 2. The van der Waals surface area contributed by atoms with Gasteiger partial charge in [0, 0.05) is 19.3 Å². The van der Waals surface area contributed by atoms with Gasteiger partial charge in [0.2, 0.25) is 0 Å². The van der Waals surface area contributed by atoms with Crippen molar-refractivity contribution in [3.8, 4) is 0 Å². The Morgan fingerprint density at radius 3 is 1.33 bits per heavy atom. The van der Waals surface area contributed by atoms with Gasteiger partial charge in [0.15, 0.2) is 24.6 Å². The van der Waals surface area contributed by atoms with E-state index in [1.165, 1.54) is 89.9 Å². The van der Waals surface area contributed by atoms with Gasteiger partial charge in [-0.05, 0) is 109 Å². The molecule has 0 spiro atoms. The predicted molar refractivity (Wildman–Crippen MR) is 303 cm³/mol. The molecule has 1 heterocycles. The highest BCUT2D eigenvalue weighted by molar-refractivity contribution is 5.74. The molecule has 0 aliphatic carbocycles. The van der Waals surface area contributed by atoms with E-state index in [-0.39, 0.29) is 25.9 Å². The monoisotopic (exact) mass is 1050 g/mol. The van der Waals surface area contributed by atoms with Crippen molar-refractivity contribution in [2.75, 3.05) is 13.2 Å². The third-order valence-electron chi connectivity index (χ3n) is 13.2. The van der Waals surface area contributed by atoms with E-state index in [0.717, 1.165) is 103 Å². The molecule has 0 aromatic carbocycles. The largest absolute Gasteiger partial charge is 0.479 e. The Morgan fingerprint density at radius 2 is 0.840 bits per heavy atom. The normalized spacial score (nSPS) is 18.7. The van der Waals surface area contributed by atoms with Crippen molar-refractivity contribution in [1.82, 2.24) is 0 Å². The number of aliphatic hydroxyl groups is 2. The molecule has 430 valence electrons. The SMILES string of the molecule is CC/C=C\C/C=C\C/C=C\C/C=C\CCCCC(=O)OC(COC(=O)CCCCCCCCC/C=C\CCCCCCCC)COC1OC(C(=O)O)C(O)C(O)C1OC(=O)CCCCCCC/C=C\CCCCCC. The highest BCUT2D eigenvalue weighted by atomic mass is 16.7. The molecule has 3 N–H and O–H groups in total. The predicted octanol–water partition coefficient (Wildman–Crippen LogP) is 15.3. The van der Waals surface area contributed by atoms with Crippen LogP contribution in [0, 0.1) is 0 Å². The summed E-state index contributed by atoms with van der Waals surface area (Å²) >= 11 is 0. The summed E-state index contributed by atoms with van der Waals surface area (Å²) in [6.07, 6.45) is 51.6. The highest BCUT2D eigenvalue weighted by Crippen LogP contribution is 2.26. The Kier molecular flexibility index (Phi) is 47.0. The molecule has 0 saturated carbocycles. The maximum atomic E-state index is 13.1. The molecule has 75 heavy (non-hydrogen) atoms. The molecule has 0 amide bonds. The minimum Gasteiger partial charge on any atom is -0.479 e. The summed E-state index contributed by atoms with van der Waals surface area (Å²) in [4.78, 5) is 51.1. The van der Waals surface area contributed by atoms with Crippen LogP contribution in [0.3, 0.4) is 0 Å². The minimum atomic E-state index is -1.91. The Labute approximate surface area is 455 Å². The lowest BCUT2D eigenvalue weighted by molar-refractivity contribution is -0.301. The van der Waals surface area contributed by atoms with E-state index in [2.05, 4.69) is 93.7 Å².